The minimum atomic E-state index is -1.40. The van der Waals surface area contributed by atoms with Gasteiger partial charge < -0.3 is 30.6 Å². The Hall–Kier alpha value is -3.18. The van der Waals surface area contributed by atoms with E-state index >= 15 is 0 Å². The van der Waals surface area contributed by atoms with Gasteiger partial charge in [-0.1, -0.05) is 0 Å². The monoisotopic (exact) mass is 352 g/mol. The van der Waals surface area contributed by atoms with Crippen molar-refractivity contribution < 1.29 is 59.4 Å². The van der Waals surface area contributed by atoms with Crippen molar-refractivity contribution in [2.24, 2.45) is 11.8 Å². The van der Waals surface area contributed by atoms with Crippen LogP contribution in [-0.4, -0.2) is 66.5 Å². The van der Waals surface area contributed by atoms with Crippen LogP contribution >= 0.6 is 0 Å². The summed E-state index contributed by atoms with van der Waals surface area (Å²) in [6.07, 6.45) is -2.66. The van der Waals surface area contributed by atoms with Gasteiger partial charge in [-0.3, -0.25) is 28.8 Å². The van der Waals surface area contributed by atoms with Crippen molar-refractivity contribution in [1.82, 2.24) is 0 Å². The Morgan fingerprint density at radius 3 is 0.708 bits per heavy atom. The fraction of sp³-hybridized carbons (Fsp3) is 0.500. The molecule has 0 aliphatic rings. The molecule has 0 aromatic heterocycles. The molecule has 0 saturated carbocycles. The van der Waals surface area contributed by atoms with Crippen LogP contribution in [0.2, 0.25) is 0 Å². The smallest absolute Gasteiger partial charge is 0.307 e. The first-order chi connectivity index (χ1) is 10.9. The molecule has 0 rings (SSSR count). The molecule has 0 aliphatic carbocycles. The summed E-state index contributed by atoms with van der Waals surface area (Å²) in [5, 5.41) is 49.4. The molecular formula is C12H16O12. The first-order valence-corrected chi connectivity index (χ1v) is 6.19. The maximum absolute atomic E-state index is 10.2. The third kappa shape index (κ3) is 13.8. The number of carboxylic acids is 6. The summed E-state index contributed by atoms with van der Waals surface area (Å²) in [5.74, 6) is -10.8. The number of rotatable bonds is 10. The number of carboxylic acid groups (broad SMARTS) is 6. The zero-order valence-electron chi connectivity index (χ0n) is 12.1. The lowest BCUT2D eigenvalue weighted by Gasteiger charge is -2.04. The lowest BCUT2D eigenvalue weighted by atomic mass is 10.0. The summed E-state index contributed by atoms with van der Waals surface area (Å²) in [6, 6.07) is 0. The van der Waals surface area contributed by atoms with Gasteiger partial charge in [-0.25, -0.2) is 0 Å². The third-order valence-corrected chi connectivity index (χ3v) is 2.38. The minimum absolute atomic E-state index is 0.665. The molecule has 0 aliphatic heterocycles. The van der Waals surface area contributed by atoms with Crippen LogP contribution in [0.5, 0.6) is 0 Å². The van der Waals surface area contributed by atoms with E-state index in [4.69, 9.17) is 30.6 Å². The van der Waals surface area contributed by atoms with E-state index in [-0.39, 0.29) is 0 Å². The van der Waals surface area contributed by atoms with E-state index in [9.17, 15) is 28.8 Å². The summed E-state index contributed by atoms with van der Waals surface area (Å²) in [4.78, 5) is 60.6. The SMILES string of the molecule is O=C(O)CC(CC(=O)O)C(=O)O.O=C(O)CC(CC(=O)O)C(=O)O. The molecule has 12 nitrogen and oxygen atoms in total. The van der Waals surface area contributed by atoms with Crippen molar-refractivity contribution in [2.45, 2.75) is 25.7 Å². The van der Waals surface area contributed by atoms with Crippen molar-refractivity contribution in [2.75, 3.05) is 0 Å². The maximum Gasteiger partial charge on any atom is 0.307 e. The van der Waals surface area contributed by atoms with Crippen LogP contribution < -0.4 is 0 Å². The largest absolute Gasteiger partial charge is 0.481 e. The standard InChI is InChI=1S/2C6H8O6/c2*7-4(8)1-3(6(11)12)2-5(9)10/h2*3H,1-2H2,(H,7,8)(H,9,10)(H,11,12). The van der Waals surface area contributed by atoms with E-state index in [1.165, 1.54) is 0 Å². The number of aliphatic carboxylic acids is 6. The average Bonchev–Trinajstić information content (AvgIpc) is 2.35. The first kappa shape index (κ1) is 23.1. The van der Waals surface area contributed by atoms with Crippen molar-refractivity contribution >= 4 is 35.8 Å². The van der Waals surface area contributed by atoms with E-state index in [1.807, 2.05) is 0 Å². The molecule has 6 N–H and O–H groups in total. The van der Waals surface area contributed by atoms with Gasteiger partial charge in [-0.15, -0.1) is 0 Å². The molecule has 0 spiro atoms. The Kier molecular flexibility index (Phi) is 11.0. The molecule has 136 valence electrons. The lowest BCUT2D eigenvalue weighted by Crippen LogP contribution is -2.20. The Morgan fingerprint density at radius 2 is 0.625 bits per heavy atom. The number of hydrogen-bond donors (Lipinski definition) is 6. The second-order valence-electron chi connectivity index (χ2n) is 4.46. The fourth-order valence-corrected chi connectivity index (χ4v) is 1.34. The molecule has 0 fully saturated rings. The number of carbonyl (C=O) groups is 6. The van der Waals surface area contributed by atoms with Crippen LogP contribution in [0.15, 0.2) is 0 Å². The van der Waals surface area contributed by atoms with E-state index in [1.54, 1.807) is 0 Å². The Labute approximate surface area is 133 Å². The fourth-order valence-electron chi connectivity index (χ4n) is 1.34. The molecule has 12 heteroatoms. The molecule has 0 radical (unpaired) electrons. The molecule has 0 saturated heterocycles. The molecular weight excluding hydrogens is 336 g/mol. The average molecular weight is 352 g/mol. The van der Waals surface area contributed by atoms with Gasteiger partial charge >= 0.3 is 35.8 Å². The molecule has 0 amide bonds. The predicted octanol–water partition coefficient (Wildman–Crippen LogP) is -0.727. The summed E-state index contributed by atoms with van der Waals surface area (Å²) < 4.78 is 0. The maximum atomic E-state index is 10.2. The highest BCUT2D eigenvalue weighted by atomic mass is 16.4. The normalized spacial score (nSPS) is 9.75. The summed E-state index contributed by atoms with van der Waals surface area (Å²) in [5.41, 5.74) is 0. The zero-order valence-corrected chi connectivity index (χ0v) is 12.1. The lowest BCUT2D eigenvalue weighted by molar-refractivity contribution is -0.152. The summed E-state index contributed by atoms with van der Waals surface area (Å²) in [7, 11) is 0. The van der Waals surface area contributed by atoms with Gasteiger partial charge in [-0.2, -0.15) is 0 Å². The van der Waals surface area contributed by atoms with Gasteiger partial charge in [-0.05, 0) is 0 Å². The van der Waals surface area contributed by atoms with Crippen LogP contribution in [0.3, 0.4) is 0 Å². The van der Waals surface area contributed by atoms with Crippen LogP contribution in [0, 0.1) is 11.8 Å². The van der Waals surface area contributed by atoms with Gasteiger partial charge in [0.25, 0.3) is 0 Å². The highest BCUT2D eigenvalue weighted by Crippen LogP contribution is 2.09. The van der Waals surface area contributed by atoms with Crippen LogP contribution in [0.25, 0.3) is 0 Å². The minimum Gasteiger partial charge on any atom is -0.481 e. The molecule has 0 unspecified atom stereocenters. The molecule has 0 aromatic rings. The second-order valence-corrected chi connectivity index (χ2v) is 4.46. The Bertz CT molecular complexity index is 430. The van der Waals surface area contributed by atoms with Gasteiger partial charge in [0, 0.05) is 0 Å². The molecule has 0 heterocycles. The summed E-state index contributed by atoms with van der Waals surface area (Å²) in [6.45, 7) is 0. The number of hydrogen-bond acceptors (Lipinski definition) is 6. The quantitative estimate of drug-likeness (QED) is 0.286. The highest BCUT2D eigenvalue weighted by Gasteiger charge is 2.24. The van der Waals surface area contributed by atoms with E-state index in [0.717, 1.165) is 0 Å². The van der Waals surface area contributed by atoms with Crippen molar-refractivity contribution in [3.05, 3.63) is 0 Å². The first-order valence-electron chi connectivity index (χ1n) is 6.19. The molecule has 24 heavy (non-hydrogen) atoms. The summed E-state index contributed by atoms with van der Waals surface area (Å²) >= 11 is 0. The highest BCUT2D eigenvalue weighted by molar-refractivity contribution is 5.82. The van der Waals surface area contributed by atoms with Crippen LogP contribution in [-0.2, 0) is 28.8 Å². The van der Waals surface area contributed by atoms with E-state index in [2.05, 4.69) is 0 Å². The van der Waals surface area contributed by atoms with Crippen LogP contribution in [0.4, 0.5) is 0 Å². The molecule has 0 bridgehead atoms. The van der Waals surface area contributed by atoms with Gasteiger partial charge in [0.05, 0.1) is 37.5 Å². The van der Waals surface area contributed by atoms with E-state index < -0.39 is 73.3 Å². The Balaban J connectivity index is 0. The van der Waals surface area contributed by atoms with Crippen LogP contribution in [0.1, 0.15) is 25.7 Å². The van der Waals surface area contributed by atoms with Crippen molar-refractivity contribution in [3.63, 3.8) is 0 Å². The van der Waals surface area contributed by atoms with E-state index in [0.29, 0.717) is 0 Å². The third-order valence-electron chi connectivity index (χ3n) is 2.38. The second kappa shape index (κ2) is 11.4. The topological polar surface area (TPSA) is 224 Å². The molecule has 0 aromatic carbocycles. The predicted molar refractivity (Wildman–Crippen MR) is 71.3 cm³/mol. The van der Waals surface area contributed by atoms with Crippen molar-refractivity contribution in [1.29, 1.82) is 0 Å². The van der Waals surface area contributed by atoms with Gasteiger partial charge in [0.15, 0.2) is 0 Å². The van der Waals surface area contributed by atoms with Gasteiger partial charge in [0.1, 0.15) is 0 Å². The molecule has 0 atom stereocenters. The Morgan fingerprint density at radius 1 is 0.458 bits per heavy atom. The zero-order chi connectivity index (χ0) is 19.4. The van der Waals surface area contributed by atoms with Gasteiger partial charge in [0.2, 0.25) is 0 Å². The van der Waals surface area contributed by atoms with Crippen molar-refractivity contribution in [3.8, 4) is 0 Å².